The van der Waals surface area contributed by atoms with Crippen LogP contribution in [0.5, 0.6) is 0 Å². The molecule has 0 aliphatic rings. The quantitative estimate of drug-likeness (QED) is 0.579. The summed E-state index contributed by atoms with van der Waals surface area (Å²) in [6, 6.07) is 9.69. The van der Waals surface area contributed by atoms with Crippen LogP contribution in [0.1, 0.15) is 5.56 Å². The number of benzene rings is 2. The first-order valence-electron chi connectivity index (χ1n) is 7.17. The summed E-state index contributed by atoms with van der Waals surface area (Å²) in [5, 5.41) is 4.45. The van der Waals surface area contributed by atoms with Crippen molar-refractivity contribution in [3.8, 4) is 0 Å². The number of amides is 1. The number of halogens is 3. The molecule has 2 aromatic rings. The molecule has 0 fully saturated rings. The molecule has 0 saturated carbocycles. The summed E-state index contributed by atoms with van der Waals surface area (Å²) >= 11 is 11.7. The number of nitrogens with zero attached hydrogens (tertiary/aromatic N) is 2. The Morgan fingerprint density at radius 3 is 2.58 bits per heavy atom. The average Bonchev–Trinajstić information content (AvgIpc) is 2.55. The van der Waals surface area contributed by atoms with Crippen molar-refractivity contribution in [1.82, 2.24) is 5.43 Å². The number of sulfonamides is 1. The summed E-state index contributed by atoms with van der Waals surface area (Å²) in [4.78, 5) is 12.0. The molecule has 0 radical (unpaired) electrons. The average molecular weight is 418 g/mol. The Kier molecular flexibility index (Phi) is 6.57. The second-order valence-electron chi connectivity index (χ2n) is 5.22. The minimum absolute atomic E-state index is 0.0381. The van der Waals surface area contributed by atoms with E-state index in [9.17, 15) is 17.6 Å². The minimum Gasteiger partial charge on any atom is -0.271 e. The molecule has 0 aromatic heterocycles. The molecule has 1 amide bonds. The molecular formula is C16H14Cl2FN3O3S. The number of hydrogen-bond acceptors (Lipinski definition) is 4. The highest BCUT2D eigenvalue weighted by atomic mass is 35.5. The van der Waals surface area contributed by atoms with Crippen LogP contribution in [0.4, 0.5) is 10.1 Å². The van der Waals surface area contributed by atoms with Crippen LogP contribution in [0.3, 0.4) is 0 Å². The van der Waals surface area contributed by atoms with Crippen LogP contribution in [0.15, 0.2) is 47.6 Å². The Morgan fingerprint density at radius 1 is 1.23 bits per heavy atom. The van der Waals surface area contributed by atoms with Gasteiger partial charge in [0.15, 0.2) is 0 Å². The Morgan fingerprint density at radius 2 is 1.96 bits per heavy atom. The van der Waals surface area contributed by atoms with Gasteiger partial charge in [-0.25, -0.2) is 18.2 Å². The van der Waals surface area contributed by atoms with Gasteiger partial charge in [0.05, 0.1) is 28.2 Å². The fourth-order valence-corrected chi connectivity index (χ4v) is 3.12. The SMILES string of the molecule is CS(=O)(=O)N(CC(=O)N/N=C\c1ccc(Cl)c(Cl)c1)c1cccc(F)c1. The highest BCUT2D eigenvalue weighted by Crippen LogP contribution is 2.21. The van der Waals surface area contributed by atoms with Crippen LogP contribution < -0.4 is 9.73 Å². The molecule has 10 heteroatoms. The van der Waals surface area contributed by atoms with E-state index in [1.165, 1.54) is 24.4 Å². The van der Waals surface area contributed by atoms with Crippen molar-refractivity contribution in [2.24, 2.45) is 5.10 Å². The fraction of sp³-hybridized carbons (Fsp3) is 0.125. The predicted octanol–water partition coefficient (Wildman–Crippen LogP) is 3.05. The lowest BCUT2D eigenvalue weighted by Crippen LogP contribution is -2.39. The number of carbonyl (C=O) groups is 1. The summed E-state index contributed by atoms with van der Waals surface area (Å²) in [5.74, 6) is -1.31. The van der Waals surface area contributed by atoms with Gasteiger partial charge in [-0.15, -0.1) is 0 Å². The van der Waals surface area contributed by atoms with E-state index in [0.717, 1.165) is 16.6 Å². The molecule has 2 rings (SSSR count). The van der Waals surface area contributed by atoms with Crippen LogP contribution in [0.2, 0.25) is 10.0 Å². The first-order chi connectivity index (χ1) is 12.2. The van der Waals surface area contributed by atoms with E-state index >= 15 is 0 Å². The molecule has 0 unspecified atom stereocenters. The van der Waals surface area contributed by atoms with Gasteiger partial charge >= 0.3 is 0 Å². The van der Waals surface area contributed by atoms with Gasteiger partial charge in [-0.1, -0.05) is 35.3 Å². The molecule has 1 N–H and O–H groups in total. The topological polar surface area (TPSA) is 78.8 Å². The van der Waals surface area contributed by atoms with Gasteiger partial charge in [0.2, 0.25) is 10.0 Å². The molecule has 0 saturated heterocycles. The fourth-order valence-electron chi connectivity index (χ4n) is 1.97. The van der Waals surface area contributed by atoms with Crippen molar-refractivity contribution in [3.05, 3.63) is 63.9 Å². The maximum absolute atomic E-state index is 13.3. The van der Waals surface area contributed by atoms with E-state index in [4.69, 9.17) is 23.2 Å². The molecule has 6 nitrogen and oxygen atoms in total. The highest BCUT2D eigenvalue weighted by molar-refractivity contribution is 7.92. The molecule has 2 aromatic carbocycles. The third kappa shape index (κ3) is 5.69. The highest BCUT2D eigenvalue weighted by Gasteiger charge is 2.21. The van der Waals surface area contributed by atoms with Gasteiger partial charge < -0.3 is 0 Å². The van der Waals surface area contributed by atoms with Gasteiger partial charge in [-0.3, -0.25) is 9.10 Å². The number of anilines is 1. The first kappa shape index (κ1) is 20.2. The van der Waals surface area contributed by atoms with E-state index in [1.807, 2.05) is 0 Å². The molecule has 0 atom stereocenters. The summed E-state index contributed by atoms with van der Waals surface area (Å²) < 4.78 is 37.9. The smallest absolute Gasteiger partial charge is 0.260 e. The van der Waals surface area contributed by atoms with Crippen LogP contribution in [-0.2, 0) is 14.8 Å². The molecule has 0 aliphatic heterocycles. The standard InChI is InChI=1S/C16H14Cl2FN3O3S/c1-26(24,25)22(13-4-2-3-12(19)8-13)10-16(23)21-20-9-11-5-6-14(17)15(18)7-11/h2-9H,10H2,1H3,(H,21,23)/b20-9-. The monoisotopic (exact) mass is 417 g/mol. The second kappa shape index (κ2) is 8.48. The Bertz CT molecular complexity index is 952. The second-order valence-corrected chi connectivity index (χ2v) is 7.94. The Balaban J connectivity index is 2.08. The zero-order valence-electron chi connectivity index (χ0n) is 13.5. The number of hydrogen-bond donors (Lipinski definition) is 1. The molecule has 0 heterocycles. The van der Waals surface area contributed by atoms with Crippen molar-refractivity contribution in [2.75, 3.05) is 17.1 Å². The lowest BCUT2D eigenvalue weighted by Gasteiger charge is -2.21. The predicted molar refractivity (Wildman–Crippen MR) is 101 cm³/mol. The lowest BCUT2D eigenvalue weighted by atomic mass is 10.2. The molecule has 0 spiro atoms. The van der Waals surface area contributed by atoms with E-state index in [1.54, 1.807) is 18.2 Å². The lowest BCUT2D eigenvalue weighted by molar-refractivity contribution is -0.119. The number of hydrazone groups is 1. The van der Waals surface area contributed by atoms with E-state index < -0.39 is 28.3 Å². The third-order valence-corrected chi connectivity index (χ3v) is 5.01. The maximum atomic E-state index is 13.3. The van der Waals surface area contributed by atoms with E-state index in [2.05, 4.69) is 10.5 Å². The largest absolute Gasteiger partial charge is 0.271 e. The van der Waals surface area contributed by atoms with Gasteiger partial charge in [0.25, 0.3) is 5.91 Å². The van der Waals surface area contributed by atoms with Crippen LogP contribution >= 0.6 is 23.2 Å². The summed E-state index contributed by atoms with van der Waals surface area (Å²) in [6.07, 6.45) is 2.25. The first-order valence-corrected chi connectivity index (χ1v) is 9.77. The van der Waals surface area contributed by atoms with Crippen molar-refractivity contribution < 1.29 is 17.6 Å². The van der Waals surface area contributed by atoms with Crippen molar-refractivity contribution in [2.45, 2.75) is 0 Å². The van der Waals surface area contributed by atoms with Gasteiger partial charge in [-0.05, 0) is 35.9 Å². The van der Waals surface area contributed by atoms with Crippen LogP contribution in [0, 0.1) is 5.82 Å². The zero-order valence-corrected chi connectivity index (χ0v) is 15.8. The zero-order chi connectivity index (χ0) is 19.3. The Labute approximate surface area is 160 Å². The molecule has 138 valence electrons. The van der Waals surface area contributed by atoms with Gasteiger partial charge in [0.1, 0.15) is 12.4 Å². The van der Waals surface area contributed by atoms with Crippen LogP contribution in [-0.4, -0.2) is 33.3 Å². The number of carbonyl (C=O) groups excluding carboxylic acids is 1. The summed E-state index contributed by atoms with van der Waals surface area (Å²) in [7, 11) is -3.80. The molecule has 0 bridgehead atoms. The van der Waals surface area contributed by atoms with Crippen molar-refractivity contribution in [3.63, 3.8) is 0 Å². The molecule has 26 heavy (non-hydrogen) atoms. The summed E-state index contributed by atoms with van der Waals surface area (Å²) in [5.41, 5.74) is 2.83. The number of rotatable bonds is 6. The molecule has 0 aliphatic carbocycles. The Hall–Kier alpha value is -2.16. The minimum atomic E-state index is -3.80. The maximum Gasteiger partial charge on any atom is 0.260 e. The molecular weight excluding hydrogens is 404 g/mol. The van der Waals surface area contributed by atoms with Crippen molar-refractivity contribution >= 4 is 51.0 Å². The van der Waals surface area contributed by atoms with Gasteiger partial charge in [0, 0.05) is 0 Å². The van der Waals surface area contributed by atoms with E-state index in [0.29, 0.717) is 15.6 Å². The van der Waals surface area contributed by atoms with Crippen LogP contribution in [0.25, 0.3) is 0 Å². The van der Waals surface area contributed by atoms with Crippen molar-refractivity contribution in [1.29, 1.82) is 0 Å². The van der Waals surface area contributed by atoms with Gasteiger partial charge in [-0.2, -0.15) is 5.10 Å². The van der Waals surface area contributed by atoms with E-state index in [-0.39, 0.29) is 5.69 Å². The number of nitrogens with one attached hydrogen (secondary N) is 1. The third-order valence-electron chi connectivity index (χ3n) is 3.13. The summed E-state index contributed by atoms with van der Waals surface area (Å²) in [6.45, 7) is -0.555. The normalized spacial score (nSPS) is 11.5.